The smallest absolute Gasteiger partial charge is 0.328 e. The fourth-order valence-corrected chi connectivity index (χ4v) is 1.19. The van der Waals surface area contributed by atoms with Gasteiger partial charge in [0.25, 0.3) is 0 Å². The van der Waals surface area contributed by atoms with E-state index in [-0.39, 0.29) is 5.84 Å². The number of benzene rings is 1. The van der Waals surface area contributed by atoms with Gasteiger partial charge < -0.3 is 15.9 Å². The Balaban J connectivity index is 0.000000362. The van der Waals surface area contributed by atoms with Crippen LogP contribution in [0.5, 0.6) is 0 Å². The van der Waals surface area contributed by atoms with Gasteiger partial charge in [0.05, 0.1) is 0 Å². The van der Waals surface area contributed by atoms with Gasteiger partial charge in [-0.2, -0.15) is 0 Å². The molecule has 0 amide bonds. The van der Waals surface area contributed by atoms with Gasteiger partial charge in [-0.15, -0.1) is 0 Å². The Labute approximate surface area is 110 Å². The normalized spacial score (nSPS) is 9.58. The molecule has 102 valence electrons. The Morgan fingerprint density at radius 2 is 1.63 bits per heavy atom. The molecule has 0 aromatic heterocycles. The number of hydrogen-bond donors (Lipinski definition) is 4. The third kappa shape index (κ3) is 6.62. The van der Waals surface area contributed by atoms with Crippen LogP contribution in [0.2, 0.25) is 0 Å². The highest BCUT2D eigenvalue weighted by molar-refractivity contribution is 5.96. The lowest BCUT2D eigenvalue weighted by Crippen LogP contribution is -2.12. The molecule has 1 aromatic carbocycles. The first-order valence-electron chi connectivity index (χ1n) is 5.30. The molecule has 0 radical (unpaired) electrons. The van der Waals surface area contributed by atoms with E-state index in [2.05, 4.69) is 0 Å². The SMILES string of the molecule is Cc1cccc(C(=N)N)c1C.O=C(O)/C=C\C(=O)O. The second kappa shape index (κ2) is 7.65. The molecule has 0 aliphatic heterocycles. The molecule has 0 atom stereocenters. The maximum absolute atomic E-state index is 9.55. The van der Waals surface area contributed by atoms with Crippen molar-refractivity contribution in [3.63, 3.8) is 0 Å². The number of nitrogens with two attached hydrogens (primary N) is 1. The quantitative estimate of drug-likeness (QED) is 0.372. The number of aliphatic carboxylic acids is 2. The molecule has 0 bridgehead atoms. The highest BCUT2D eigenvalue weighted by atomic mass is 16.4. The lowest BCUT2D eigenvalue weighted by atomic mass is 10.0. The molecule has 0 aliphatic rings. The molecule has 0 unspecified atom stereocenters. The zero-order valence-electron chi connectivity index (χ0n) is 10.7. The molecule has 6 heteroatoms. The number of aryl methyl sites for hydroxylation is 1. The number of amidine groups is 1. The largest absolute Gasteiger partial charge is 0.478 e. The number of nitrogen functional groups attached to an aromatic ring is 1. The van der Waals surface area contributed by atoms with Gasteiger partial charge in [-0.3, -0.25) is 5.41 Å². The first-order valence-corrected chi connectivity index (χ1v) is 5.30. The number of rotatable bonds is 3. The van der Waals surface area contributed by atoms with Crippen LogP contribution < -0.4 is 5.73 Å². The summed E-state index contributed by atoms with van der Waals surface area (Å²) in [5.41, 5.74) is 8.48. The predicted octanol–water partition coefficient (Wildman–Crippen LogP) is 1.30. The summed E-state index contributed by atoms with van der Waals surface area (Å²) in [6, 6.07) is 5.80. The molecular weight excluding hydrogens is 248 g/mol. The van der Waals surface area contributed by atoms with Crippen molar-refractivity contribution in [3.05, 3.63) is 47.0 Å². The first kappa shape index (κ1) is 16.4. The van der Waals surface area contributed by atoms with E-state index in [4.69, 9.17) is 21.4 Å². The molecule has 0 saturated heterocycles. The Kier molecular flexibility index (Phi) is 6.59. The van der Waals surface area contributed by atoms with Crippen LogP contribution in [-0.4, -0.2) is 28.0 Å². The highest BCUT2D eigenvalue weighted by Crippen LogP contribution is 2.11. The van der Waals surface area contributed by atoms with E-state index in [1.54, 1.807) is 0 Å². The minimum absolute atomic E-state index is 0.145. The van der Waals surface area contributed by atoms with Crippen molar-refractivity contribution < 1.29 is 19.8 Å². The Hall–Kier alpha value is -2.63. The topological polar surface area (TPSA) is 124 Å². The van der Waals surface area contributed by atoms with Crippen LogP contribution in [0.15, 0.2) is 30.4 Å². The Morgan fingerprint density at radius 3 is 1.95 bits per heavy atom. The zero-order chi connectivity index (χ0) is 15.0. The van der Waals surface area contributed by atoms with E-state index >= 15 is 0 Å². The summed E-state index contributed by atoms with van der Waals surface area (Å²) in [4.78, 5) is 19.1. The molecule has 0 fully saturated rings. The van der Waals surface area contributed by atoms with E-state index in [9.17, 15) is 9.59 Å². The average molecular weight is 264 g/mol. The summed E-state index contributed by atoms with van der Waals surface area (Å²) < 4.78 is 0. The molecule has 1 rings (SSSR count). The van der Waals surface area contributed by atoms with Gasteiger partial charge in [-0.25, -0.2) is 9.59 Å². The van der Waals surface area contributed by atoms with Crippen molar-refractivity contribution in [2.24, 2.45) is 5.73 Å². The van der Waals surface area contributed by atoms with Crippen molar-refractivity contribution in [2.45, 2.75) is 13.8 Å². The summed E-state index contributed by atoms with van der Waals surface area (Å²) in [5, 5.41) is 22.9. The van der Waals surface area contributed by atoms with E-state index < -0.39 is 11.9 Å². The van der Waals surface area contributed by atoms with Crippen molar-refractivity contribution in [1.82, 2.24) is 0 Å². The Morgan fingerprint density at radius 1 is 1.16 bits per heavy atom. The molecule has 0 aliphatic carbocycles. The standard InChI is InChI=1S/C9H12N2.C4H4O4/c1-6-4-3-5-8(7(6)2)9(10)11;5-3(6)1-2-4(7)8/h3-5H,1-2H3,(H3,10,11);1-2H,(H,5,6)(H,7,8)/b;2-1-. The molecule has 0 heterocycles. The first-order chi connectivity index (χ1) is 8.75. The zero-order valence-corrected chi connectivity index (χ0v) is 10.7. The fourth-order valence-electron chi connectivity index (χ4n) is 1.19. The molecule has 0 spiro atoms. The van der Waals surface area contributed by atoms with Crippen LogP contribution in [0.3, 0.4) is 0 Å². The van der Waals surface area contributed by atoms with Crippen LogP contribution in [0, 0.1) is 19.3 Å². The van der Waals surface area contributed by atoms with E-state index in [0.717, 1.165) is 11.1 Å². The van der Waals surface area contributed by atoms with Crippen molar-refractivity contribution in [3.8, 4) is 0 Å². The van der Waals surface area contributed by atoms with Gasteiger partial charge in [-0.1, -0.05) is 18.2 Å². The van der Waals surface area contributed by atoms with Crippen LogP contribution >= 0.6 is 0 Å². The molecule has 6 nitrogen and oxygen atoms in total. The summed E-state index contributed by atoms with van der Waals surface area (Å²) in [5.74, 6) is -2.37. The maximum Gasteiger partial charge on any atom is 0.328 e. The van der Waals surface area contributed by atoms with Gasteiger partial charge in [0, 0.05) is 17.7 Å². The number of carboxylic acids is 2. The van der Waals surface area contributed by atoms with E-state index in [0.29, 0.717) is 12.2 Å². The lowest BCUT2D eigenvalue weighted by molar-refractivity contribution is -0.134. The third-order valence-corrected chi connectivity index (χ3v) is 2.26. The Bertz CT molecular complexity index is 505. The van der Waals surface area contributed by atoms with Crippen LogP contribution in [0.4, 0.5) is 0 Å². The summed E-state index contributed by atoms with van der Waals surface area (Å²) in [6.07, 6.45) is 1.12. The summed E-state index contributed by atoms with van der Waals surface area (Å²) in [6.45, 7) is 3.99. The van der Waals surface area contributed by atoms with Crippen LogP contribution in [0.25, 0.3) is 0 Å². The van der Waals surface area contributed by atoms with Gasteiger partial charge in [-0.05, 0) is 25.0 Å². The molecule has 0 saturated carbocycles. The van der Waals surface area contributed by atoms with Crippen molar-refractivity contribution in [1.29, 1.82) is 5.41 Å². The van der Waals surface area contributed by atoms with Gasteiger partial charge >= 0.3 is 11.9 Å². The van der Waals surface area contributed by atoms with E-state index in [1.807, 2.05) is 32.0 Å². The second-order valence-corrected chi connectivity index (χ2v) is 3.67. The monoisotopic (exact) mass is 264 g/mol. The summed E-state index contributed by atoms with van der Waals surface area (Å²) >= 11 is 0. The number of hydrogen-bond acceptors (Lipinski definition) is 3. The van der Waals surface area contributed by atoms with Crippen molar-refractivity contribution in [2.75, 3.05) is 0 Å². The lowest BCUT2D eigenvalue weighted by Gasteiger charge is -2.05. The predicted molar refractivity (Wildman–Crippen MR) is 71.3 cm³/mol. The molecule has 19 heavy (non-hydrogen) atoms. The molecular formula is C13H16N2O4. The summed E-state index contributed by atoms with van der Waals surface area (Å²) in [7, 11) is 0. The number of carbonyl (C=O) groups is 2. The third-order valence-electron chi connectivity index (χ3n) is 2.26. The minimum Gasteiger partial charge on any atom is -0.478 e. The number of carboxylic acid groups (broad SMARTS) is 2. The van der Waals surface area contributed by atoms with Crippen LogP contribution in [-0.2, 0) is 9.59 Å². The van der Waals surface area contributed by atoms with Gasteiger partial charge in [0.15, 0.2) is 0 Å². The fraction of sp³-hybridized carbons (Fsp3) is 0.154. The minimum atomic E-state index is -1.26. The molecule has 1 aromatic rings. The van der Waals surface area contributed by atoms with E-state index in [1.165, 1.54) is 5.56 Å². The highest BCUT2D eigenvalue weighted by Gasteiger charge is 2.01. The number of nitrogens with one attached hydrogen (secondary N) is 1. The van der Waals surface area contributed by atoms with Crippen molar-refractivity contribution >= 4 is 17.8 Å². The second-order valence-electron chi connectivity index (χ2n) is 3.67. The molecule has 5 N–H and O–H groups in total. The van der Waals surface area contributed by atoms with Crippen LogP contribution in [0.1, 0.15) is 16.7 Å². The van der Waals surface area contributed by atoms with Gasteiger partial charge in [0.1, 0.15) is 5.84 Å². The average Bonchev–Trinajstić information content (AvgIpc) is 2.30. The maximum atomic E-state index is 9.55. The van der Waals surface area contributed by atoms with Gasteiger partial charge in [0.2, 0.25) is 0 Å².